The molecule has 0 aliphatic heterocycles. The van der Waals surface area contributed by atoms with Crippen LogP contribution in [0.3, 0.4) is 0 Å². The highest BCUT2D eigenvalue weighted by atomic mass is 79.9. The van der Waals surface area contributed by atoms with Crippen molar-refractivity contribution in [2.45, 2.75) is 50.2 Å². The van der Waals surface area contributed by atoms with E-state index in [0.717, 1.165) is 14.3 Å². The molecule has 0 aliphatic rings. The Morgan fingerprint density at radius 3 is 2.00 bits per heavy atom. The van der Waals surface area contributed by atoms with Crippen molar-refractivity contribution < 1.29 is 22.4 Å². The van der Waals surface area contributed by atoms with Gasteiger partial charge >= 0.3 is 0 Å². The molecule has 4 rings (SSSR count). The second kappa shape index (κ2) is 14.2. The third kappa shape index (κ3) is 8.54. The summed E-state index contributed by atoms with van der Waals surface area (Å²) in [4.78, 5) is 29.5. The fourth-order valence-electron chi connectivity index (χ4n) is 4.67. The van der Waals surface area contributed by atoms with E-state index >= 15 is 4.39 Å². The standard InChI is InChI=1S/C34H35BrFN3O4S/c1-34(2,3)37-33(41)31(22-25-12-6-4-7-13-25)38(23-26-14-10-11-17-30(26)36)32(40)24-39(28-20-18-27(35)19-21-28)44(42,43)29-15-8-5-9-16-29/h4-21,31H,22-24H2,1-3H3,(H,37,41). The molecule has 1 N–H and O–H groups in total. The van der Waals surface area contributed by atoms with Crippen LogP contribution in [0.5, 0.6) is 0 Å². The van der Waals surface area contributed by atoms with Crippen molar-refractivity contribution in [3.05, 3.63) is 131 Å². The van der Waals surface area contributed by atoms with E-state index in [-0.39, 0.29) is 29.1 Å². The van der Waals surface area contributed by atoms with Gasteiger partial charge in [0.15, 0.2) is 0 Å². The summed E-state index contributed by atoms with van der Waals surface area (Å²) < 4.78 is 44.7. The molecule has 0 saturated carbocycles. The Kier molecular flexibility index (Phi) is 10.6. The molecule has 10 heteroatoms. The number of anilines is 1. The third-order valence-corrected chi connectivity index (χ3v) is 9.11. The number of halogens is 2. The molecule has 4 aromatic carbocycles. The van der Waals surface area contributed by atoms with Crippen LogP contribution in [0, 0.1) is 5.82 Å². The average Bonchev–Trinajstić information content (AvgIpc) is 2.99. The Bertz CT molecular complexity index is 1680. The van der Waals surface area contributed by atoms with Gasteiger partial charge < -0.3 is 10.2 Å². The molecular formula is C34H35BrFN3O4S. The van der Waals surface area contributed by atoms with E-state index in [4.69, 9.17) is 0 Å². The number of amides is 2. The number of hydrogen-bond donors (Lipinski definition) is 1. The van der Waals surface area contributed by atoms with Crippen LogP contribution in [0.1, 0.15) is 31.9 Å². The summed E-state index contributed by atoms with van der Waals surface area (Å²) >= 11 is 3.38. The SMILES string of the molecule is CC(C)(C)NC(=O)C(Cc1ccccc1)N(Cc1ccccc1F)C(=O)CN(c1ccc(Br)cc1)S(=O)(=O)c1ccccc1. The fourth-order valence-corrected chi connectivity index (χ4v) is 6.37. The predicted molar refractivity (Wildman–Crippen MR) is 174 cm³/mol. The molecule has 7 nitrogen and oxygen atoms in total. The van der Waals surface area contributed by atoms with Gasteiger partial charge in [-0.15, -0.1) is 0 Å². The summed E-state index contributed by atoms with van der Waals surface area (Å²) in [7, 11) is -4.21. The number of carbonyl (C=O) groups is 2. The van der Waals surface area contributed by atoms with Crippen LogP contribution in [-0.2, 0) is 32.6 Å². The highest BCUT2D eigenvalue weighted by Gasteiger charge is 2.36. The Morgan fingerprint density at radius 2 is 1.41 bits per heavy atom. The van der Waals surface area contributed by atoms with E-state index in [0.29, 0.717) is 0 Å². The van der Waals surface area contributed by atoms with Crippen molar-refractivity contribution in [3.8, 4) is 0 Å². The fraction of sp³-hybridized carbons (Fsp3) is 0.235. The van der Waals surface area contributed by atoms with Crippen LogP contribution < -0.4 is 9.62 Å². The number of carbonyl (C=O) groups excluding carboxylic acids is 2. The molecule has 2 amide bonds. The predicted octanol–water partition coefficient (Wildman–Crippen LogP) is 6.34. The molecule has 230 valence electrons. The minimum Gasteiger partial charge on any atom is -0.350 e. The normalized spacial score (nSPS) is 12.3. The number of nitrogens with one attached hydrogen (secondary N) is 1. The summed E-state index contributed by atoms with van der Waals surface area (Å²) in [6.07, 6.45) is 0.132. The van der Waals surface area contributed by atoms with Gasteiger partial charge in [0.25, 0.3) is 10.0 Å². The minimum atomic E-state index is -4.21. The van der Waals surface area contributed by atoms with Gasteiger partial charge in [0, 0.05) is 28.5 Å². The number of nitrogens with zero attached hydrogens (tertiary/aromatic N) is 2. The first kappa shape index (κ1) is 32.9. The van der Waals surface area contributed by atoms with Crippen molar-refractivity contribution >= 4 is 43.5 Å². The lowest BCUT2D eigenvalue weighted by Crippen LogP contribution is -2.56. The molecule has 1 unspecified atom stereocenters. The van der Waals surface area contributed by atoms with Crippen LogP contribution in [0.25, 0.3) is 0 Å². The molecule has 4 aromatic rings. The van der Waals surface area contributed by atoms with E-state index in [1.54, 1.807) is 60.7 Å². The van der Waals surface area contributed by atoms with Crippen molar-refractivity contribution in [2.24, 2.45) is 0 Å². The van der Waals surface area contributed by atoms with Gasteiger partial charge in [-0.3, -0.25) is 13.9 Å². The van der Waals surface area contributed by atoms with Crippen LogP contribution in [-0.4, -0.2) is 43.3 Å². The molecule has 0 heterocycles. The molecular weight excluding hydrogens is 645 g/mol. The molecule has 1 atom stereocenters. The Labute approximate surface area is 266 Å². The van der Waals surface area contributed by atoms with Crippen LogP contribution in [0.4, 0.5) is 10.1 Å². The maximum Gasteiger partial charge on any atom is 0.264 e. The Hall–Kier alpha value is -4.02. The van der Waals surface area contributed by atoms with E-state index in [9.17, 15) is 18.0 Å². The Morgan fingerprint density at radius 1 is 0.841 bits per heavy atom. The van der Waals surface area contributed by atoms with E-state index in [1.165, 1.54) is 23.1 Å². The minimum absolute atomic E-state index is 0.00248. The van der Waals surface area contributed by atoms with Gasteiger partial charge in [0.1, 0.15) is 18.4 Å². The number of rotatable bonds is 11. The zero-order valence-electron chi connectivity index (χ0n) is 24.8. The first-order valence-electron chi connectivity index (χ1n) is 14.1. The second-order valence-electron chi connectivity index (χ2n) is 11.4. The van der Waals surface area contributed by atoms with Crippen molar-refractivity contribution in [1.82, 2.24) is 10.2 Å². The number of hydrogen-bond acceptors (Lipinski definition) is 4. The van der Waals surface area contributed by atoms with Crippen molar-refractivity contribution in [1.29, 1.82) is 0 Å². The molecule has 0 spiro atoms. The largest absolute Gasteiger partial charge is 0.350 e. The summed E-state index contributed by atoms with van der Waals surface area (Å²) in [5.74, 6) is -1.64. The maximum absolute atomic E-state index is 15.0. The summed E-state index contributed by atoms with van der Waals surface area (Å²) in [5.41, 5.74) is 0.618. The van der Waals surface area contributed by atoms with Gasteiger partial charge in [-0.1, -0.05) is 82.7 Å². The van der Waals surface area contributed by atoms with E-state index < -0.39 is 45.8 Å². The average molecular weight is 681 g/mol. The molecule has 0 aromatic heterocycles. The van der Waals surface area contributed by atoms with Gasteiger partial charge in [-0.05, 0) is 68.8 Å². The Balaban J connectivity index is 1.82. The third-order valence-electron chi connectivity index (χ3n) is 6.79. The van der Waals surface area contributed by atoms with E-state index in [2.05, 4.69) is 21.2 Å². The first-order valence-corrected chi connectivity index (χ1v) is 16.3. The van der Waals surface area contributed by atoms with Gasteiger partial charge in [-0.2, -0.15) is 0 Å². The van der Waals surface area contributed by atoms with Crippen LogP contribution >= 0.6 is 15.9 Å². The smallest absolute Gasteiger partial charge is 0.264 e. The number of sulfonamides is 1. The molecule has 0 saturated heterocycles. The zero-order valence-corrected chi connectivity index (χ0v) is 27.2. The zero-order chi connectivity index (χ0) is 31.9. The van der Waals surface area contributed by atoms with Crippen molar-refractivity contribution in [2.75, 3.05) is 10.8 Å². The molecule has 0 radical (unpaired) electrons. The van der Waals surface area contributed by atoms with Crippen molar-refractivity contribution in [3.63, 3.8) is 0 Å². The topological polar surface area (TPSA) is 86.8 Å². The highest BCUT2D eigenvalue weighted by Crippen LogP contribution is 2.27. The monoisotopic (exact) mass is 679 g/mol. The molecule has 0 fully saturated rings. The molecule has 0 bridgehead atoms. The van der Waals surface area contributed by atoms with Crippen LogP contribution in [0.15, 0.2) is 119 Å². The quantitative estimate of drug-likeness (QED) is 0.201. The molecule has 0 aliphatic carbocycles. The highest BCUT2D eigenvalue weighted by molar-refractivity contribution is 9.10. The van der Waals surface area contributed by atoms with Gasteiger partial charge in [0.05, 0.1) is 10.6 Å². The first-order chi connectivity index (χ1) is 20.8. The molecule has 44 heavy (non-hydrogen) atoms. The summed E-state index contributed by atoms with van der Waals surface area (Å²) in [6, 6.07) is 28.5. The number of benzene rings is 4. The lowest BCUT2D eigenvalue weighted by molar-refractivity contribution is -0.140. The lowest BCUT2D eigenvalue weighted by atomic mass is 10.0. The summed E-state index contributed by atoms with van der Waals surface area (Å²) in [5, 5.41) is 2.96. The van der Waals surface area contributed by atoms with Gasteiger partial charge in [-0.25, -0.2) is 12.8 Å². The lowest BCUT2D eigenvalue weighted by Gasteiger charge is -2.35. The van der Waals surface area contributed by atoms with Crippen LogP contribution in [0.2, 0.25) is 0 Å². The second-order valence-corrected chi connectivity index (χ2v) is 14.1. The summed E-state index contributed by atoms with van der Waals surface area (Å²) in [6.45, 7) is 4.61. The van der Waals surface area contributed by atoms with Gasteiger partial charge in [0.2, 0.25) is 11.8 Å². The van der Waals surface area contributed by atoms with E-state index in [1.807, 2.05) is 51.1 Å². The maximum atomic E-state index is 15.0.